The molecule has 0 amide bonds. The van der Waals surface area contributed by atoms with Crippen molar-refractivity contribution in [2.24, 2.45) is 0 Å². The van der Waals surface area contributed by atoms with Crippen LogP contribution in [0.4, 0.5) is 0 Å². The van der Waals surface area contributed by atoms with Crippen molar-refractivity contribution in [1.29, 1.82) is 0 Å². The van der Waals surface area contributed by atoms with Crippen molar-refractivity contribution in [2.75, 3.05) is 13.9 Å². The first-order chi connectivity index (χ1) is 7.65. The molecule has 0 saturated carbocycles. The molecule has 1 rings (SSSR count). The van der Waals surface area contributed by atoms with Gasteiger partial charge < -0.3 is 19.5 Å². The highest BCUT2D eigenvalue weighted by molar-refractivity contribution is 6.59. The van der Waals surface area contributed by atoms with Crippen molar-refractivity contribution in [2.45, 2.75) is 20.8 Å². The predicted molar refractivity (Wildman–Crippen MR) is 64.9 cm³/mol. The minimum Gasteiger partial charge on any atom is -0.468 e. The highest BCUT2D eigenvalue weighted by Gasteiger charge is 2.13. The highest BCUT2D eigenvalue weighted by atomic mass is 16.7. The first kappa shape index (κ1) is 15.0. The predicted octanol–water partition coefficient (Wildman–Crippen LogP) is 0.684. The zero-order valence-electron chi connectivity index (χ0n) is 10.2. The van der Waals surface area contributed by atoms with Gasteiger partial charge in [-0.1, -0.05) is 19.9 Å². The molecule has 5 heteroatoms. The molecule has 0 aliphatic carbocycles. The standard InChI is InChI=1S/C9H13BO4.C2H6/c1-7-5-8(14-6-13-2)3-4-9(7)10(11)12;1-2/h3-5,11-12H,6H2,1-2H3;1-2H3. The van der Waals surface area contributed by atoms with Crippen LogP contribution in [-0.2, 0) is 4.74 Å². The molecule has 1 aromatic rings. The Morgan fingerprint density at radius 3 is 2.31 bits per heavy atom. The van der Waals surface area contributed by atoms with Crippen LogP contribution in [0.3, 0.4) is 0 Å². The lowest BCUT2D eigenvalue weighted by Gasteiger charge is -2.08. The Bertz CT molecular complexity index is 302. The summed E-state index contributed by atoms with van der Waals surface area (Å²) in [5.74, 6) is 0.647. The summed E-state index contributed by atoms with van der Waals surface area (Å²) >= 11 is 0. The fourth-order valence-corrected chi connectivity index (χ4v) is 1.15. The molecule has 90 valence electrons. The molecule has 1 aromatic carbocycles. The van der Waals surface area contributed by atoms with Gasteiger partial charge in [0.15, 0.2) is 6.79 Å². The van der Waals surface area contributed by atoms with Crippen molar-refractivity contribution >= 4 is 12.6 Å². The summed E-state index contributed by atoms with van der Waals surface area (Å²) in [5, 5.41) is 17.9. The van der Waals surface area contributed by atoms with E-state index >= 15 is 0 Å². The molecule has 4 nitrogen and oxygen atoms in total. The molecule has 2 N–H and O–H groups in total. The molecule has 0 heterocycles. The van der Waals surface area contributed by atoms with E-state index in [0.717, 1.165) is 5.56 Å². The summed E-state index contributed by atoms with van der Waals surface area (Å²) in [6.45, 7) is 5.97. The summed E-state index contributed by atoms with van der Waals surface area (Å²) in [6.07, 6.45) is 0. The topological polar surface area (TPSA) is 58.9 Å². The third-order valence-corrected chi connectivity index (χ3v) is 1.86. The van der Waals surface area contributed by atoms with Crippen molar-refractivity contribution in [3.05, 3.63) is 23.8 Å². The molecule has 0 aliphatic rings. The fourth-order valence-electron chi connectivity index (χ4n) is 1.15. The summed E-state index contributed by atoms with van der Waals surface area (Å²) < 4.78 is 9.93. The lowest BCUT2D eigenvalue weighted by molar-refractivity contribution is 0.0511. The molecule has 0 spiro atoms. The number of aryl methyl sites for hydroxylation is 1. The molecule has 0 saturated heterocycles. The number of hydrogen-bond acceptors (Lipinski definition) is 4. The van der Waals surface area contributed by atoms with Gasteiger partial charge in [0.25, 0.3) is 0 Å². The molecule has 0 bridgehead atoms. The van der Waals surface area contributed by atoms with Gasteiger partial charge in [0, 0.05) is 7.11 Å². The second kappa shape index (κ2) is 8.16. The molecule has 16 heavy (non-hydrogen) atoms. The van der Waals surface area contributed by atoms with E-state index < -0.39 is 7.12 Å². The van der Waals surface area contributed by atoms with E-state index in [1.807, 2.05) is 13.8 Å². The van der Waals surface area contributed by atoms with Gasteiger partial charge in [-0.2, -0.15) is 0 Å². The van der Waals surface area contributed by atoms with E-state index in [4.69, 9.17) is 19.5 Å². The summed E-state index contributed by atoms with van der Waals surface area (Å²) in [5.41, 5.74) is 1.25. The third kappa shape index (κ3) is 4.66. The van der Waals surface area contributed by atoms with Gasteiger partial charge >= 0.3 is 7.12 Å². The second-order valence-electron chi connectivity index (χ2n) is 2.94. The van der Waals surface area contributed by atoms with Crippen LogP contribution in [0, 0.1) is 6.92 Å². The Hall–Kier alpha value is -1.04. The smallest absolute Gasteiger partial charge is 0.468 e. The average molecular weight is 226 g/mol. The van der Waals surface area contributed by atoms with Gasteiger partial charge in [0.1, 0.15) is 5.75 Å². The molecule has 0 fully saturated rings. The molecule has 0 aliphatic heterocycles. The van der Waals surface area contributed by atoms with E-state index in [1.165, 1.54) is 0 Å². The van der Waals surface area contributed by atoms with E-state index in [2.05, 4.69) is 0 Å². The monoisotopic (exact) mass is 226 g/mol. The Morgan fingerprint density at radius 2 is 1.88 bits per heavy atom. The van der Waals surface area contributed by atoms with Crippen molar-refractivity contribution in [3.8, 4) is 5.75 Å². The molecule has 0 atom stereocenters. The Balaban J connectivity index is 0.00000106. The quantitative estimate of drug-likeness (QED) is 0.585. The first-order valence-corrected chi connectivity index (χ1v) is 5.23. The van der Waals surface area contributed by atoms with Crippen LogP contribution in [0.15, 0.2) is 18.2 Å². The number of hydrogen-bond donors (Lipinski definition) is 2. The van der Waals surface area contributed by atoms with Gasteiger partial charge in [-0.15, -0.1) is 0 Å². The lowest BCUT2D eigenvalue weighted by atomic mass is 9.77. The zero-order chi connectivity index (χ0) is 12.6. The van der Waals surface area contributed by atoms with E-state index in [0.29, 0.717) is 11.2 Å². The van der Waals surface area contributed by atoms with Crippen LogP contribution >= 0.6 is 0 Å². The first-order valence-electron chi connectivity index (χ1n) is 5.23. The molecular formula is C11H19BO4. The molecule has 0 radical (unpaired) electrons. The molecular weight excluding hydrogens is 207 g/mol. The Labute approximate surface area is 97.0 Å². The van der Waals surface area contributed by atoms with Gasteiger partial charge in [-0.3, -0.25) is 0 Å². The third-order valence-electron chi connectivity index (χ3n) is 1.86. The lowest BCUT2D eigenvalue weighted by Crippen LogP contribution is -2.31. The van der Waals surface area contributed by atoms with Crippen molar-refractivity contribution in [3.63, 3.8) is 0 Å². The van der Waals surface area contributed by atoms with Crippen molar-refractivity contribution in [1.82, 2.24) is 0 Å². The summed E-state index contributed by atoms with van der Waals surface area (Å²) in [7, 11) is 0.102. The number of ether oxygens (including phenoxy) is 2. The number of methoxy groups -OCH3 is 1. The molecule has 0 unspecified atom stereocenters. The maximum atomic E-state index is 8.96. The fraction of sp³-hybridized carbons (Fsp3) is 0.455. The SMILES string of the molecule is CC.COCOc1ccc(B(O)O)c(C)c1. The maximum absolute atomic E-state index is 8.96. The number of rotatable bonds is 4. The number of benzene rings is 1. The van der Waals surface area contributed by atoms with E-state index in [1.54, 1.807) is 32.2 Å². The summed E-state index contributed by atoms with van der Waals surface area (Å²) in [6, 6.07) is 5.01. The van der Waals surface area contributed by atoms with Gasteiger partial charge in [0.05, 0.1) is 0 Å². The summed E-state index contributed by atoms with van der Waals surface area (Å²) in [4.78, 5) is 0. The minimum atomic E-state index is -1.44. The van der Waals surface area contributed by atoms with Gasteiger partial charge in [-0.25, -0.2) is 0 Å². The zero-order valence-corrected chi connectivity index (χ0v) is 10.2. The van der Waals surface area contributed by atoms with Crippen LogP contribution in [0.1, 0.15) is 19.4 Å². The minimum absolute atomic E-state index is 0.181. The van der Waals surface area contributed by atoms with Crippen LogP contribution < -0.4 is 10.2 Å². The maximum Gasteiger partial charge on any atom is 0.488 e. The van der Waals surface area contributed by atoms with Gasteiger partial charge in [0.2, 0.25) is 0 Å². The van der Waals surface area contributed by atoms with Crippen LogP contribution in [-0.4, -0.2) is 31.1 Å². The van der Waals surface area contributed by atoms with Crippen LogP contribution in [0.25, 0.3) is 0 Å². The van der Waals surface area contributed by atoms with Crippen molar-refractivity contribution < 1.29 is 19.5 Å². The largest absolute Gasteiger partial charge is 0.488 e. The second-order valence-corrected chi connectivity index (χ2v) is 2.94. The van der Waals surface area contributed by atoms with Crippen LogP contribution in [0.5, 0.6) is 5.75 Å². The molecule has 0 aromatic heterocycles. The normalized spacial score (nSPS) is 9.12. The van der Waals surface area contributed by atoms with Crippen LogP contribution in [0.2, 0.25) is 0 Å². The van der Waals surface area contributed by atoms with Gasteiger partial charge in [-0.05, 0) is 30.1 Å². The Morgan fingerprint density at radius 1 is 1.25 bits per heavy atom. The highest BCUT2D eigenvalue weighted by Crippen LogP contribution is 2.11. The van der Waals surface area contributed by atoms with E-state index in [9.17, 15) is 0 Å². The average Bonchev–Trinajstić information content (AvgIpc) is 2.28. The van der Waals surface area contributed by atoms with E-state index in [-0.39, 0.29) is 6.79 Å². The Kier molecular flexibility index (Phi) is 7.63.